The van der Waals surface area contributed by atoms with Crippen LogP contribution < -0.4 is 5.32 Å². The number of thiophene rings is 1. The summed E-state index contributed by atoms with van der Waals surface area (Å²) in [7, 11) is 0. The fraction of sp³-hybridized carbons (Fsp3) is 0.692. The van der Waals surface area contributed by atoms with Crippen molar-refractivity contribution in [2.75, 3.05) is 13.2 Å². The van der Waals surface area contributed by atoms with Gasteiger partial charge in [-0.25, -0.2) is 0 Å². The van der Waals surface area contributed by atoms with Crippen molar-refractivity contribution in [3.05, 3.63) is 21.9 Å². The van der Waals surface area contributed by atoms with Gasteiger partial charge in [-0.15, -0.1) is 11.3 Å². The molecule has 0 aliphatic heterocycles. The number of aliphatic hydroxyl groups excluding tert-OH is 1. The van der Waals surface area contributed by atoms with E-state index in [4.69, 9.17) is 0 Å². The Bertz CT molecular complexity index is 298. The van der Waals surface area contributed by atoms with Gasteiger partial charge in [-0.05, 0) is 42.8 Å². The second-order valence-corrected chi connectivity index (χ2v) is 5.45. The quantitative estimate of drug-likeness (QED) is 0.769. The van der Waals surface area contributed by atoms with Crippen LogP contribution in [0.5, 0.6) is 0 Å². The molecule has 92 valence electrons. The van der Waals surface area contributed by atoms with Gasteiger partial charge in [-0.1, -0.05) is 20.3 Å². The molecule has 2 unspecified atom stereocenters. The number of hydrogen-bond donors (Lipinski definition) is 2. The molecule has 3 heteroatoms. The van der Waals surface area contributed by atoms with Crippen LogP contribution in [0.4, 0.5) is 0 Å². The summed E-state index contributed by atoms with van der Waals surface area (Å²) in [6.45, 7) is 7.73. The number of aliphatic hydroxyl groups is 1. The predicted molar refractivity (Wildman–Crippen MR) is 71.0 cm³/mol. The Hall–Kier alpha value is -0.380. The van der Waals surface area contributed by atoms with E-state index in [1.54, 1.807) is 11.3 Å². The summed E-state index contributed by atoms with van der Waals surface area (Å²) >= 11 is 1.72. The number of nitrogens with one attached hydrogen (secondary N) is 1. The monoisotopic (exact) mass is 241 g/mol. The SMILES string of the molecule is CCCC(C)CNC(CO)c1sccc1C. The molecule has 0 spiro atoms. The average molecular weight is 241 g/mol. The molecular formula is C13H23NOS. The smallest absolute Gasteiger partial charge is 0.0652 e. The van der Waals surface area contributed by atoms with Crippen LogP contribution in [0.1, 0.15) is 43.2 Å². The van der Waals surface area contributed by atoms with Crippen LogP contribution in [0, 0.1) is 12.8 Å². The molecule has 1 rings (SSSR count). The second kappa shape index (κ2) is 7.05. The topological polar surface area (TPSA) is 32.3 Å². The molecule has 0 radical (unpaired) electrons. The van der Waals surface area contributed by atoms with Crippen LogP contribution in [0.2, 0.25) is 0 Å². The number of aryl methyl sites for hydroxylation is 1. The van der Waals surface area contributed by atoms with Gasteiger partial charge in [0.25, 0.3) is 0 Å². The number of rotatable bonds is 7. The van der Waals surface area contributed by atoms with E-state index in [9.17, 15) is 5.11 Å². The highest BCUT2D eigenvalue weighted by Crippen LogP contribution is 2.23. The minimum Gasteiger partial charge on any atom is -0.394 e. The van der Waals surface area contributed by atoms with Crippen LogP contribution in [0.15, 0.2) is 11.4 Å². The molecule has 1 heterocycles. The van der Waals surface area contributed by atoms with Crippen molar-refractivity contribution >= 4 is 11.3 Å². The zero-order valence-electron chi connectivity index (χ0n) is 10.5. The van der Waals surface area contributed by atoms with Crippen LogP contribution in [-0.4, -0.2) is 18.3 Å². The minimum atomic E-state index is 0.110. The van der Waals surface area contributed by atoms with Gasteiger partial charge in [0, 0.05) is 4.88 Å². The molecule has 0 amide bonds. The lowest BCUT2D eigenvalue weighted by molar-refractivity contribution is 0.240. The minimum absolute atomic E-state index is 0.110. The Kier molecular flexibility index (Phi) is 6.03. The van der Waals surface area contributed by atoms with Gasteiger partial charge in [-0.3, -0.25) is 0 Å². The summed E-state index contributed by atoms with van der Waals surface area (Å²) < 4.78 is 0. The molecule has 2 N–H and O–H groups in total. The Morgan fingerprint density at radius 1 is 1.50 bits per heavy atom. The molecule has 0 saturated carbocycles. The van der Waals surface area contributed by atoms with E-state index in [2.05, 4.69) is 37.5 Å². The average Bonchev–Trinajstić information content (AvgIpc) is 2.66. The van der Waals surface area contributed by atoms with Gasteiger partial charge >= 0.3 is 0 Å². The van der Waals surface area contributed by atoms with Crippen molar-refractivity contribution in [2.45, 2.75) is 39.7 Å². The molecule has 0 aromatic carbocycles. The highest BCUT2D eigenvalue weighted by atomic mass is 32.1. The maximum absolute atomic E-state index is 9.41. The molecule has 2 nitrogen and oxygen atoms in total. The zero-order valence-corrected chi connectivity index (χ0v) is 11.3. The van der Waals surface area contributed by atoms with Gasteiger partial charge in [-0.2, -0.15) is 0 Å². The van der Waals surface area contributed by atoms with Gasteiger partial charge < -0.3 is 10.4 Å². The molecule has 0 aliphatic carbocycles. The largest absolute Gasteiger partial charge is 0.394 e. The third kappa shape index (κ3) is 3.89. The van der Waals surface area contributed by atoms with Crippen molar-refractivity contribution in [2.24, 2.45) is 5.92 Å². The van der Waals surface area contributed by atoms with E-state index in [0.717, 1.165) is 6.54 Å². The maximum Gasteiger partial charge on any atom is 0.0652 e. The lowest BCUT2D eigenvalue weighted by Gasteiger charge is -2.19. The third-order valence-corrected chi connectivity index (χ3v) is 4.03. The van der Waals surface area contributed by atoms with Gasteiger partial charge in [0.05, 0.1) is 12.6 Å². The van der Waals surface area contributed by atoms with E-state index < -0.39 is 0 Å². The molecule has 16 heavy (non-hydrogen) atoms. The first-order valence-electron chi connectivity index (χ1n) is 6.07. The summed E-state index contributed by atoms with van der Waals surface area (Å²) in [5.74, 6) is 0.680. The summed E-state index contributed by atoms with van der Waals surface area (Å²) in [6, 6.07) is 2.22. The zero-order chi connectivity index (χ0) is 12.0. The lowest BCUT2D eigenvalue weighted by Crippen LogP contribution is -2.28. The lowest BCUT2D eigenvalue weighted by atomic mass is 10.1. The Labute approximate surface area is 103 Å². The maximum atomic E-state index is 9.41. The first kappa shape index (κ1) is 13.7. The summed E-state index contributed by atoms with van der Waals surface area (Å²) in [5.41, 5.74) is 1.28. The van der Waals surface area contributed by atoms with Crippen LogP contribution in [-0.2, 0) is 0 Å². The molecule has 1 aromatic rings. The Morgan fingerprint density at radius 2 is 2.25 bits per heavy atom. The van der Waals surface area contributed by atoms with Crippen molar-refractivity contribution in [3.63, 3.8) is 0 Å². The third-order valence-electron chi connectivity index (χ3n) is 2.89. The van der Waals surface area contributed by atoms with E-state index >= 15 is 0 Å². The van der Waals surface area contributed by atoms with Crippen molar-refractivity contribution in [1.82, 2.24) is 5.32 Å². The highest BCUT2D eigenvalue weighted by molar-refractivity contribution is 7.10. The summed E-state index contributed by atoms with van der Waals surface area (Å²) in [4.78, 5) is 1.27. The Morgan fingerprint density at radius 3 is 2.75 bits per heavy atom. The molecule has 0 fully saturated rings. The highest BCUT2D eigenvalue weighted by Gasteiger charge is 2.14. The number of hydrogen-bond acceptors (Lipinski definition) is 3. The second-order valence-electron chi connectivity index (χ2n) is 4.51. The first-order chi connectivity index (χ1) is 7.69. The van der Waals surface area contributed by atoms with Crippen molar-refractivity contribution < 1.29 is 5.11 Å². The standard InChI is InChI=1S/C13H23NOS/c1-4-5-10(2)8-14-12(9-15)13-11(3)6-7-16-13/h6-7,10,12,14-15H,4-5,8-9H2,1-3H3. The molecule has 0 bridgehead atoms. The molecule has 0 saturated heterocycles. The molecule has 2 atom stereocenters. The van der Waals surface area contributed by atoms with Gasteiger partial charge in [0.2, 0.25) is 0 Å². The normalized spacial score (nSPS) is 15.0. The van der Waals surface area contributed by atoms with Crippen molar-refractivity contribution in [3.8, 4) is 0 Å². The summed E-state index contributed by atoms with van der Waals surface area (Å²) in [6.07, 6.45) is 2.47. The van der Waals surface area contributed by atoms with Crippen LogP contribution in [0.25, 0.3) is 0 Å². The van der Waals surface area contributed by atoms with E-state index in [1.165, 1.54) is 23.3 Å². The molecule has 0 aliphatic rings. The van der Waals surface area contributed by atoms with Gasteiger partial charge in [0.1, 0.15) is 0 Å². The predicted octanol–water partition coefficient (Wildman–Crippen LogP) is 3.12. The van der Waals surface area contributed by atoms with E-state index in [-0.39, 0.29) is 12.6 Å². The fourth-order valence-electron chi connectivity index (χ4n) is 1.92. The molecule has 1 aromatic heterocycles. The van der Waals surface area contributed by atoms with Crippen LogP contribution >= 0.6 is 11.3 Å². The first-order valence-corrected chi connectivity index (χ1v) is 6.95. The van der Waals surface area contributed by atoms with E-state index in [1.807, 2.05) is 0 Å². The fourth-order valence-corrected chi connectivity index (χ4v) is 2.91. The summed E-state index contributed by atoms with van der Waals surface area (Å²) in [5, 5.41) is 15.0. The van der Waals surface area contributed by atoms with Crippen LogP contribution in [0.3, 0.4) is 0 Å². The van der Waals surface area contributed by atoms with E-state index in [0.29, 0.717) is 5.92 Å². The van der Waals surface area contributed by atoms with Crippen molar-refractivity contribution in [1.29, 1.82) is 0 Å². The van der Waals surface area contributed by atoms with Gasteiger partial charge in [0.15, 0.2) is 0 Å². The molecular weight excluding hydrogens is 218 g/mol. The Balaban J connectivity index is 2.47.